The molecule has 0 aromatic heterocycles. The lowest BCUT2D eigenvalue weighted by Gasteiger charge is -1.99. The Morgan fingerprint density at radius 3 is 2.30 bits per heavy atom. The van der Waals surface area contributed by atoms with Gasteiger partial charge >= 0.3 is 0 Å². The summed E-state index contributed by atoms with van der Waals surface area (Å²) in [6, 6.07) is 7.92. The van der Waals surface area contributed by atoms with Crippen LogP contribution in [0.25, 0.3) is 0 Å². The number of anilines is 1. The van der Waals surface area contributed by atoms with Gasteiger partial charge in [0.05, 0.1) is 0 Å². The molecular formula is C7H9BrN2. The van der Waals surface area contributed by atoms with Gasteiger partial charge in [-0.05, 0) is 17.7 Å². The van der Waals surface area contributed by atoms with Crippen molar-refractivity contribution >= 4 is 21.6 Å². The number of halogens is 1. The van der Waals surface area contributed by atoms with Crippen LogP contribution in [0.3, 0.4) is 0 Å². The average Bonchev–Trinajstić information content (AvgIpc) is 2.05. The maximum Gasteiger partial charge on any atom is 0.0485 e. The van der Waals surface area contributed by atoms with E-state index in [1.807, 2.05) is 24.3 Å². The van der Waals surface area contributed by atoms with E-state index in [1.165, 1.54) is 5.56 Å². The van der Waals surface area contributed by atoms with E-state index in [2.05, 4.69) is 21.4 Å². The number of hydrazine groups is 1. The third-order valence-electron chi connectivity index (χ3n) is 1.27. The number of alkyl halides is 1. The summed E-state index contributed by atoms with van der Waals surface area (Å²) in [6.07, 6.45) is 0. The highest BCUT2D eigenvalue weighted by molar-refractivity contribution is 9.08. The second-order valence-corrected chi connectivity index (χ2v) is 2.54. The fraction of sp³-hybridized carbons (Fsp3) is 0.143. The first-order valence-electron chi connectivity index (χ1n) is 2.98. The molecule has 0 aliphatic heterocycles. The maximum absolute atomic E-state index is 5.18. The SMILES string of the molecule is NNc1ccc(CBr)cc1. The third kappa shape index (κ3) is 1.72. The Morgan fingerprint density at radius 1 is 1.30 bits per heavy atom. The zero-order valence-corrected chi connectivity index (χ0v) is 7.06. The number of nitrogens with one attached hydrogen (secondary N) is 1. The van der Waals surface area contributed by atoms with Crippen molar-refractivity contribution in [2.45, 2.75) is 5.33 Å². The second kappa shape index (κ2) is 3.58. The minimum absolute atomic E-state index is 0.887. The molecule has 0 aliphatic rings. The molecule has 0 spiro atoms. The molecule has 0 saturated carbocycles. The number of nitrogen functional groups attached to an aromatic ring is 1. The van der Waals surface area contributed by atoms with E-state index in [9.17, 15) is 0 Å². The van der Waals surface area contributed by atoms with Crippen molar-refractivity contribution in [1.29, 1.82) is 0 Å². The van der Waals surface area contributed by atoms with Crippen molar-refractivity contribution < 1.29 is 0 Å². The van der Waals surface area contributed by atoms with Crippen LogP contribution in [0.4, 0.5) is 5.69 Å². The summed E-state index contributed by atoms with van der Waals surface area (Å²) in [5.74, 6) is 5.18. The van der Waals surface area contributed by atoms with E-state index in [0.717, 1.165) is 11.0 Å². The number of rotatable bonds is 2. The minimum atomic E-state index is 0.887. The van der Waals surface area contributed by atoms with Crippen molar-refractivity contribution in [3.05, 3.63) is 29.8 Å². The Labute approximate surface area is 68.5 Å². The summed E-state index contributed by atoms with van der Waals surface area (Å²) in [6.45, 7) is 0. The van der Waals surface area contributed by atoms with Crippen LogP contribution >= 0.6 is 15.9 Å². The van der Waals surface area contributed by atoms with Crippen LogP contribution in [0.1, 0.15) is 5.56 Å². The van der Waals surface area contributed by atoms with Crippen LogP contribution in [0, 0.1) is 0 Å². The molecule has 0 bridgehead atoms. The highest BCUT2D eigenvalue weighted by Crippen LogP contribution is 2.09. The number of benzene rings is 1. The van der Waals surface area contributed by atoms with Gasteiger partial charge in [-0.25, -0.2) is 0 Å². The molecule has 0 heterocycles. The molecular weight excluding hydrogens is 192 g/mol. The van der Waals surface area contributed by atoms with Gasteiger partial charge in [0, 0.05) is 11.0 Å². The summed E-state index contributed by atoms with van der Waals surface area (Å²) >= 11 is 3.35. The first kappa shape index (κ1) is 7.57. The van der Waals surface area contributed by atoms with Gasteiger partial charge in [-0.2, -0.15) is 0 Å². The van der Waals surface area contributed by atoms with E-state index in [0.29, 0.717) is 0 Å². The molecule has 3 heteroatoms. The van der Waals surface area contributed by atoms with Crippen molar-refractivity contribution in [3.63, 3.8) is 0 Å². The number of nitrogens with two attached hydrogens (primary N) is 1. The lowest BCUT2D eigenvalue weighted by Crippen LogP contribution is -2.06. The van der Waals surface area contributed by atoms with Crippen LogP contribution in [-0.4, -0.2) is 0 Å². The van der Waals surface area contributed by atoms with Gasteiger partial charge in [-0.3, -0.25) is 5.84 Å². The lowest BCUT2D eigenvalue weighted by atomic mass is 10.2. The van der Waals surface area contributed by atoms with Crippen LogP contribution in [0.15, 0.2) is 24.3 Å². The van der Waals surface area contributed by atoms with Crippen LogP contribution in [0.5, 0.6) is 0 Å². The fourth-order valence-corrected chi connectivity index (χ4v) is 1.06. The number of hydrogen-bond acceptors (Lipinski definition) is 2. The first-order valence-corrected chi connectivity index (χ1v) is 4.10. The molecule has 0 fully saturated rings. The molecule has 0 saturated heterocycles. The molecule has 2 nitrogen and oxygen atoms in total. The Bertz CT molecular complexity index is 172. The Kier molecular flexibility index (Phi) is 2.71. The molecule has 10 heavy (non-hydrogen) atoms. The van der Waals surface area contributed by atoms with Gasteiger partial charge in [0.2, 0.25) is 0 Å². The molecule has 1 aromatic carbocycles. The van der Waals surface area contributed by atoms with Crippen LogP contribution in [0.2, 0.25) is 0 Å². The van der Waals surface area contributed by atoms with Crippen LogP contribution in [-0.2, 0) is 5.33 Å². The Balaban J connectivity index is 2.80. The minimum Gasteiger partial charge on any atom is -0.324 e. The van der Waals surface area contributed by atoms with E-state index in [1.54, 1.807) is 0 Å². The van der Waals surface area contributed by atoms with E-state index in [-0.39, 0.29) is 0 Å². The van der Waals surface area contributed by atoms with E-state index in [4.69, 9.17) is 5.84 Å². The second-order valence-electron chi connectivity index (χ2n) is 1.97. The van der Waals surface area contributed by atoms with Gasteiger partial charge in [0.15, 0.2) is 0 Å². The normalized spacial score (nSPS) is 9.40. The first-order chi connectivity index (χ1) is 4.86. The molecule has 0 unspecified atom stereocenters. The van der Waals surface area contributed by atoms with E-state index < -0.39 is 0 Å². The lowest BCUT2D eigenvalue weighted by molar-refractivity contribution is 1.33. The molecule has 54 valence electrons. The van der Waals surface area contributed by atoms with Crippen molar-refractivity contribution in [1.82, 2.24) is 0 Å². The maximum atomic E-state index is 5.18. The summed E-state index contributed by atoms with van der Waals surface area (Å²) < 4.78 is 0. The largest absolute Gasteiger partial charge is 0.324 e. The molecule has 1 aromatic rings. The predicted molar refractivity (Wildman–Crippen MR) is 46.9 cm³/mol. The predicted octanol–water partition coefficient (Wildman–Crippen LogP) is 1.87. The summed E-state index contributed by atoms with van der Waals surface area (Å²) in [4.78, 5) is 0. The third-order valence-corrected chi connectivity index (χ3v) is 1.92. The summed E-state index contributed by atoms with van der Waals surface area (Å²) in [5, 5.41) is 0.887. The molecule has 3 N–H and O–H groups in total. The van der Waals surface area contributed by atoms with Crippen molar-refractivity contribution in [2.75, 3.05) is 5.43 Å². The zero-order valence-electron chi connectivity index (χ0n) is 5.47. The van der Waals surface area contributed by atoms with Gasteiger partial charge in [-0.1, -0.05) is 28.1 Å². The van der Waals surface area contributed by atoms with Crippen molar-refractivity contribution in [2.24, 2.45) is 5.84 Å². The van der Waals surface area contributed by atoms with Gasteiger partial charge < -0.3 is 5.43 Å². The highest BCUT2D eigenvalue weighted by Gasteiger charge is 1.88. The van der Waals surface area contributed by atoms with Crippen molar-refractivity contribution in [3.8, 4) is 0 Å². The quantitative estimate of drug-likeness (QED) is 0.435. The molecule has 1 rings (SSSR count). The highest BCUT2D eigenvalue weighted by atomic mass is 79.9. The summed E-state index contributed by atoms with van der Waals surface area (Å²) in [7, 11) is 0. The van der Waals surface area contributed by atoms with Gasteiger partial charge in [0.25, 0.3) is 0 Å². The number of hydrogen-bond donors (Lipinski definition) is 2. The Hall–Kier alpha value is -0.540. The topological polar surface area (TPSA) is 38.0 Å². The molecule has 0 radical (unpaired) electrons. The Morgan fingerprint density at radius 2 is 1.90 bits per heavy atom. The fourth-order valence-electron chi connectivity index (χ4n) is 0.690. The van der Waals surface area contributed by atoms with E-state index >= 15 is 0 Å². The standard InChI is InChI=1S/C7H9BrN2/c8-5-6-1-3-7(10-9)4-2-6/h1-4,10H,5,9H2. The van der Waals surface area contributed by atoms with Gasteiger partial charge in [-0.15, -0.1) is 0 Å². The smallest absolute Gasteiger partial charge is 0.0485 e. The molecule has 0 aliphatic carbocycles. The average molecular weight is 201 g/mol. The monoisotopic (exact) mass is 200 g/mol. The molecule has 0 atom stereocenters. The molecule has 0 amide bonds. The van der Waals surface area contributed by atoms with Gasteiger partial charge in [0.1, 0.15) is 0 Å². The zero-order chi connectivity index (χ0) is 7.40. The van der Waals surface area contributed by atoms with Crippen LogP contribution < -0.4 is 11.3 Å². The summed E-state index contributed by atoms with van der Waals surface area (Å²) in [5.41, 5.74) is 4.75.